The lowest BCUT2D eigenvalue weighted by Gasteiger charge is -2.16. The van der Waals surface area contributed by atoms with E-state index in [1.807, 2.05) is 0 Å². The Morgan fingerprint density at radius 1 is 1.24 bits per heavy atom. The van der Waals surface area contributed by atoms with Gasteiger partial charge in [-0.2, -0.15) is 0 Å². The zero-order valence-corrected chi connectivity index (χ0v) is 10.6. The third-order valence-electron chi connectivity index (χ3n) is 3.37. The van der Waals surface area contributed by atoms with E-state index in [1.165, 1.54) is 23.1 Å². The summed E-state index contributed by atoms with van der Waals surface area (Å²) in [6.45, 7) is 4.31. The molecule has 1 aliphatic rings. The Kier molecular flexibility index (Phi) is 3.67. The molecule has 1 aromatic carbocycles. The van der Waals surface area contributed by atoms with Gasteiger partial charge in [0.2, 0.25) is 0 Å². The Morgan fingerprint density at radius 3 is 2.65 bits per heavy atom. The second-order valence-electron chi connectivity index (χ2n) is 4.28. The Bertz CT molecular complexity index is 427. The molecule has 17 heavy (non-hydrogen) atoms. The molecule has 92 valence electrons. The van der Waals surface area contributed by atoms with Gasteiger partial charge in [0, 0.05) is 12.1 Å². The van der Waals surface area contributed by atoms with E-state index in [0.717, 1.165) is 37.3 Å². The normalized spacial score (nSPS) is 13.3. The highest BCUT2D eigenvalue weighted by molar-refractivity contribution is 5.56. The van der Waals surface area contributed by atoms with E-state index in [0.29, 0.717) is 0 Å². The molecule has 0 atom stereocenters. The van der Waals surface area contributed by atoms with E-state index >= 15 is 0 Å². The molecule has 1 aromatic rings. The summed E-state index contributed by atoms with van der Waals surface area (Å²) in [5.41, 5.74) is 4.10. The van der Waals surface area contributed by atoms with Crippen LogP contribution >= 0.6 is 0 Å². The number of ether oxygens (including phenoxy) is 2. The smallest absolute Gasteiger partial charge is 0.164 e. The fraction of sp³-hybridized carbons (Fsp3) is 0.500. The van der Waals surface area contributed by atoms with Gasteiger partial charge in [-0.05, 0) is 49.6 Å². The van der Waals surface area contributed by atoms with Crippen molar-refractivity contribution < 1.29 is 9.47 Å². The van der Waals surface area contributed by atoms with Crippen molar-refractivity contribution >= 4 is 6.72 Å². The number of nitrogens with zero attached hydrogens (tertiary/aromatic N) is 1. The maximum atomic E-state index is 5.48. The van der Waals surface area contributed by atoms with Gasteiger partial charge in [-0.15, -0.1) is 0 Å². The molecule has 3 heteroatoms. The Balaban J connectivity index is 2.46. The standard InChI is InChI=1S/C14H19NO2/c1-15-8-7-10-9-13(16-2)14(17-3)12-6-4-5-11(10)12/h9H,1,4-8H2,2-3H3. The second-order valence-corrected chi connectivity index (χ2v) is 4.28. The molecule has 0 heterocycles. The highest BCUT2D eigenvalue weighted by atomic mass is 16.5. The van der Waals surface area contributed by atoms with Crippen LogP contribution in [0.25, 0.3) is 0 Å². The predicted octanol–water partition coefficient (Wildman–Crippen LogP) is 2.44. The van der Waals surface area contributed by atoms with Gasteiger partial charge in [0.25, 0.3) is 0 Å². The van der Waals surface area contributed by atoms with Crippen molar-refractivity contribution in [3.8, 4) is 11.5 Å². The Morgan fingerprint density at radius 2 is 2.00 bits per heavy atom. The fourth-order valence-corrected chi connectivity index (χ4v) is 2.61. The lowest BCUT2D eigenvalue weighted by atomic mass is 9.99. The summed E-state index contributed by atoms with van der Waals surface area (Å²) in [4.78, 5) is 3.93. The van der Waals surface area contributed by atoms with Crippen LogP contribution in [0.4, 0.5) is 0 Å². The molecule has 0 spiro atoms. The quantitative estimate of drug-likeness (QED) is 0.731. The molecule has 0 bridgehead atoms. The third kappa shape index (κ3) is 2.14. The number of aliphatic imine (C=N–C) groups is 1. The predicted molar refractivity (Wildman–Crippen MR) is 69.7 cm³/mol. The highest BCUT2D eigenvalue weighted by Gasteiger charge is 2.22. The largest absolute Gasteiger partial charge is 0.493 e. The average Bonchev–Trinajstić information content (AvgIpc) is 2.84. The summed E-state index contributed by atoms with van der Waals surface area (Å²) in [5, 5.41) is 0. The van der Waals surface area contributed by atoms with Crippen LogP contribution in [0.1, 0.15) is 23.1 Å². The highest BCUT2D eigenvalue weighted by Crippen LogP contribution is 2.40. The summed E-state index contributed by atoms with van der Waals surface area (Å²) >= 11 is 0. The molecule has 0 fully saturated rings. The molecule has 0 aromatic heterocycles. The number of fused-ring (bicyclic) bond motifs is 1. The fourth-order valence-electron chi connectivity index (χ4n) is 2.61. The van der Waals surface area contributed by atoms with E-state index in [4.69, 9.17) is 9.47 Å². The molecular weight excluding hydrogens is 214 g/mol. The van der Waals surface area contributed by atoms with Gasteiger partial charge in [-0.25, -0.2) is 0 Å². The van der Waals surface area contributed by atoms with Crippen molar-refractivity contribution in [2.24, 2.45) is 4.99 Å². The maximum Gasteiger partial charge on any atom is 0.164 e. The van der Waals surface area contributed by atoms with Crippen molar-refractivity contribution in [3.63, 3.8) is 0 Å². The van der Waals surface area contributed by atoms with Crippen molar-refractivity contribution in [2.45, 2.75) is 25.7 Å². The van der Waals surface area contributed by atoms with E-state index in [1.54, 1.807) is 14.2 Å². The summed E-state index contributed by atoms with van der Waals surface area (Å²) in [5.74, 6) is 1.75. The topological polar surface area (TPSA) is 30.8 Å². The third-order valence-corrected chi connectivity index (χ3v) is 3.37. The average molecular weight is 233 g/mol. The molecule has 2 rings (SSSR count). The molecule has 3 nitrogen and oxygen atoms in total. The van der Waals surface area contributed by atoms with Crippen molar-refractivity contribution in [3.05, 3.63) is 22.8 Å². The van der Waals surface area contributed by atoms with Crippen LogP contribution in [0.5, 0.6) is 11.5 Å². The molecule has 0 saturated carbocycles. The molecule has 1 aliphatic carbocycles. The van der Waals surface area contributed by atoms with Crippen LogP contribution in [-0.4, -0.2) is 27.5 Å². The van der Waals surface area contributed by atoms with E-state index in [-0.39, 0.29) is 0 Å². The van der Waals surface area contributed by atoms with Gasteiger partial charge in [-0.3, -0.25) is 0 Å². The van der Waals surface area contributed by atoms with Crippen LogP contribution in [0, 0.1) is 0 Å². The number of rotatable bonds is 5. The number of hydrogen-bond donors (Lipinski definition) is 0. The van der Waals surface area contributed by atoms with Gasteiger partial charge in [0.05, 0.1) is 14.2 Å². The van der Waals surface area contributed by atoms with Crippen LogP contribution in [0.2, 0.25) is 0 Å². The molecule has 0 aliphatic heterocycles. The van der Waals surface area contributed by atoms with Gasteiger partial charge >= 0.3 is 0 Å². The van der Waals surface area contributed by atoms with Crippen molar-refractivity contribution in [1.82, 2.24) is 0 Å². The van der Waals surface area contributed by atoms with Gasteiger partial charge in [-0.1, -0.05) is 0 Å². The monoisotopic (exact) mass is 233 g/mol. The van der Waals surface area contributed by atoms with Crippen molar-refractivity contribution in [1.29, 1.82) is 0 Å². The van der Waals surface area contributed by atoms with Crippen LogP contribution in [0.15, 0.2) is 11.1 Å². The summed E-state index contributed by atoms with van der Waals surface area (Å²) in [7, 11) is 3.40. The zero-order chi connectivity index (χ0) is 12.3. The summed E-state index contributed by atoms with van der Waals surface area (Å²) < 4.78 is 10.9. The molecule has 0 amide bonds. The van der Waals surface area contributed by atoms with Gasteiger partial charge in [0.15, 0.2) is 11.5 Å². The minimum absolute atomic E-state index is 0.766. The Hall–Kier alpha value is -1.51. The maximum absolute atomic E-state index is 5.48. The second kappa shape index (κ2) is 5.21. The molecule has 0 unspecified atom stereocenters. The lowest BCUT2D eigenvalue weighted by molar-refractivity contribution is 0.351. The first kappa shape index (κ1) is 12.0. The van der Waals surface area contributed by atoms with Gasteiger partial charge < -0.3 is 14.5 Å². The van der Waals surface area contributed by atoms with E-state index in [2.05, 4.69) is 17.8 Å². The number of hydrogen-bond acceptors (Lipinski definition) is 3. The minimum atomic E-state index is 0.766. The van der Waals surface area contributed by atoms with Crippen LogP contribution < -0.4 is 9.47 Å². The first-order valence-electron chi connectivity index (χ1n) is 6.00. The minimum Gasteiger partial charge on any atom is -0.493 e. The SMILES string of the molecule is C=NCCc1cc(OC)c(OC)c2c1CCC2. The molecule has 0 saturated heterocycles. The summed E-state index contributed by atoms with van der Waals surface area (Å²) in [6, 6.07) is 2.09. The molecule has 0 N–H and O–H groups in total. The zero-order valence-electron chi connectivity index (χ0n) is 10.6. The molecular formula is C14H19NO2. The number of methoxy groups -OCH3 is 2. The lowest BCUT2D eigenvalue weighted by Crippen LogP contribution is -2.01. The first-order chi connectivity index (χ1) is 8.31. The van der Waals surface area contributed by atoms with Crippen molar-refractivity contribution in [2.75, 3.05) is 20.8 Å². The van der Waals surface area contributed by atoms with E-state index < -0.39 is 0 Å². The summed E-state index contributed by atoms with van der Waals surface area (Å²) in [6.07, 6.45) is 4.37. The number of benzene rings is 1. The Labute approximate surface area is 102 Å². The first-order valence-corrected chi connectivity index (χ1v) is 6.00. The molecule has 0 radical (unpaired) electrons. The van der Waals surface area contributed by atoms with Crippen LogP contribution in [0.3, 0.4) is 0 Å². The van der Waals surface area contributed by atoms with Gasteiger partial charge in [0.1, 0.15) is 0 Å². The van der Waals surface area contributed by atoms with Crippen LogP contribution in [-0.2, 0) is 19.3 Å². The van der Waals surface area contributed by atoms with E-state index in [9.17, 15) is 0 Å².